The molecule has 0 aromatic heterocycles. The maximum absolute atomic E-state index is 11.3. The van der Waals surface area contributed by atoms with Crippen LogP contribution in [0.15, 0.2) is 23.8 Å². The fourth-order valence-electron chi connectivity index (χ4n) is 1.72. The van der Waals surface area contributed by atoms with Crippen molar-refractivity contribution in [3.63, 3.8) is 0 Å². The number of benzene rings is 1. The molecule has 0 saturated heterocycles. The first-order valence-corrected chi connectivity index (χ1v) is 4.77. The molecular formula is C12H10O4. The molecule has 2 rings (SSSR count). The Bertz CT molecular complexity index is 500. The van der Waals surface area contributed by atoms with Gasteiger partial charge in [0.15, 0.2) is 0 Å². The number of esters is 1. The smallest absolute Gasteiger partial charge is 0.337 e. The van der Waals surface area contributed by atoms with Crippen molar-refractivity contribution < 1.29 is 19.4 Å². The first-order valence-electron chi connectivity index (χ1n) is 4.77. The molecular weight excluding hydrogens is 208 g/mol. The number of methoxy groups -OCH3 is 1. The minimum absolute atomic E-state index is 0.344. The number of fused-ring (bicyclic) bond motifs is 1. The number of carboxylic acid groups (broad SMARTS) is 1. The molecule has 0 unspecified atom stereocenters. The van der Waals surface area contributed by atoms with Gasteiger partial charge in [-0.05, 0) is 29.3 Å². The van der Waals surface area contributed by atoms with E-state index in [-0.39, 0.29) is 0 Å². The van der Waals surface area contributed by atoms with Gasteiger partial charge in [-0.15, -0.1) is 0 Å². The van der Waals surface area contributed by atoms with Gasteiger partial charge in [-0.1, -0.05) is 6.07 Å². The summed E-state index contributed by atoms with van der Waals surface area (Å²) in [6, 6.07) is 5.05. The van der Waals surface area contributed by atoms with E-state index in [0.717, 1.165) is 11.1 Å². The highest BCUT2D eigenvalue weighted by atomic mass is 16.5. The number of carboxylic acids is 1. The fourth-order valence-corrected chi connectivity index (χ4v) is 1.72. The van der Waals surface area contributed by atoms with Crippen molar-refractivity contribution in [2.45, 2.75) is 6.42 Å². The number of carbonyl (C=O) groups is 2. The van der Waals surface area contributed by atoms with E-state index in [0.29, 0.717) is 17.6 Å². The maximum Gasteiger partial charge on any atom is 0.337 e. The Morgan fingerprint density at radius 2 is 2.12 bits per heavy atom. The highest BCUT2D eigenvalue weighted by Gasteiger charge is 2.19. The van der Waals surface area contributed by atoms with Crippen LogP contribution in [0.4, 0.5) is 0 Å². The molecule has 16 heavy (non-hydrogen) atoms. The zero-order chi connectivity index (χ0) is 11.7. The molecule has 0 spiro atoms. The lowest BCUT2D eigenvalue weighted by molar-refractivity contribution is -0.132. The SMILES string of the molecule is COC(=O)c1ccc2c(c1)C=C(C(=O)O)C2. The van der Waals surface area contributed by atoms with Crippen LogP contribution in [0, 0.1) is 0 Å². The Kier molecular flexibility index (Phi) is 2.48. The van der Waals surface area contributed by atoms with Gasteiger partial charge in [0, 0.05) is 12.0 Å². The van der Waals surface area contributed by atoms with Crippen molar-refractivity contribution >= 4 is 18.0 Å². The third kappa shape index (κ3) is 1.69. The van der Waals surface area contributed by atoms with Crippen LogP contribution in [0.1, 0.15) is 21.5 Å². The summed E-state index contributed by atoms with van der Waals surface area (Å²) in [7, 11) is 1.31. The lowest BCUT2D eigenvalue weighted by Crippen LogP contribution is -2.01. The van der Waals surface area contributed by atoms with Crippen molar-refractivity contribution in [3.8, 4) is 0 Å². The highest BCUT2D eigenvalue weighted by Crippen LogP contribution is 2.26. The molecule has 0 amide bonds. The summed E-state index contributed by atoms with van der Waals surface area (Å²) in [5.41, 5.74) is 2.48. The van der Waals surface area contributed by atoms with Gasteiger partial charge in [-0.2, -0.15) is 0 Å². The molecule has 4 heteroatoms. The second kappa shape index (κ2) is 3.81. The van der Waals surface area contributed by atoms with Gasteiger partial charge in [0.2, 0.25) is 0 Å². The highest BCUT2D eigenvalue weighted by molar-refractivity contribution is 5.97. The second-order valence-electron chi connectivity index (χ2n) is 3.56. The van der Waals surface area contributed by atoms with Gasteiger partial charge >= 0.3 is 11.9 Å². The average molecular weight is 218 g/mol. The average Bonchev–Trinajstić information content (AvgIpc) is 2.70. The maximum atomic E-state index is 11.3. The summed E-state index contributed by atoms with van der Waals surface area (Å²) in [5.74, 6) is -1.34. The number of hydrogen-bond donors (Lipinski definition) is 1. The van der Waals surface area contributed by atoms with Gasteiger partial charge in [-0.25, -0.2) is 9.59 Å². The van der Waals surface area contributed by atoms with E-state index >= 15 is 0 Å². The number of carbonyl (C=O) groups excluding carboxylic acids is 1. The number of ether oxygens (including phenoxy) is 1. The van der Waals surface area contributed by atoms with E-state index < -0.39 is 11.9 Å². The zero-order valence-corrected chi connectivity index (χ0v) is 8.69. The molecule has 0 fully saturated rings. The first-order chi connectivity index (χ1) is 7.61. The van der Waals surface area contributed by atoms with E-state index in [2.05, 4.69) is 4.74 Å². The van der Waals surface area contributed by atoms with Crippen LogP contribution in [0.5, 0.6) is 0 Å². The predicted octanol–water partition coefficient (Wildman–Crippen LogP) is 1.50. The summed E-state index contributed by atoms with van der Waals surface area (Å²) < 4.78 is 4.59. The standard InChI is InChI=1S/C12H10O4/c1-16-12(15)8-3-2-7-4-10(11(13)14)6-9(7)5-8/h2-3,5-6H,4H2,1H3,(H,13,14). The van der Waals surface area contributed by atoms with E-state index in [1.807, 2.05) is 0 Å². The third-order valence-corrected chi connectivity index (χ3v) is 2.55. The van der Waals surface area contributed by atoms with Gasteiger partial charge < -0.3 is 9.84 Å². The largest absolute Gasteiger partial charge is 0.478 e. The van der Waals surface area contributed by atoms with Crippen molar-refractivity contribution in [3.05, 3.63) is 40.5 Å². The molecule has 0 saturated carbocycles. The molecule has 1 aromatic rings. The number of hydrogen-bond acceptors (Lipinski definition) is 3. The zero-order valence-electron chi connectivity index (χ0n) is 8.69. The molecule has 0 atom stereocenters. The molecule has 0 radical (unpaired) electrons. The monoisotopic (exact) mass is 218 g/mol. The van der Waals surface area contributed by atoms with Crippen LogP contribution in [-0.4, -0.2) is 24.2 Å². The van der Waals surface area contributed by atoms with Crippen molar-refractivity contribution in [2.75, 3.05) is 7.11 Å². The summed E-state index contributed by atoms with van der Waals surface area (Å²) in [6.45, 7) is 0. The van der Waals surface area contributed by atoms with E-state index in [1.54, 1.807) is 24.3 Å². The normalized spacial score (nSPS) is 12.9. The van der Waals surface area contributed by atoms with Crippen molar-refractivity contribution in [2.24, 2.45) is 0 Å². The predicted molar refractivity (Wildman–Crippen MR) is 57.1 cm³/mol. The third-order valence-electron chi connectivity index (χ3n) is 2.55. The van der Waals surface area contributed by atoms with Gasteiger partial charge in [0.25, 0.3) is 0 Å². The molecule has 1 aromatic carbocycles. The Morgan fingerprint density at radius 1 is 1.38 bits per heavy atom. The van der Waals surface area contributed by atoms with E-state index in [1.165, 1.54) is 7.11 Å². The summed E-state index contributed by atoms with van der Waals surface area (Å²) >= 11 is 0. The van der Waals surface area contributed by atoms with Crippen LogP contribution in [-0.2, 0) is 16.0 Å². The Hall–Kier alpha value is -2.10. The quantitative estimate of drug-likeness (QED) is 0.764. The Balaban J connectivity index is 2.37. The summed E-state index contributed by atoms with van der Waals surface area (Å²) in [6.07, 6.45) is 2.00. The first kappa shape index (κ1) is 10.4. The van der Waals surface area contributed by atoms with Crippen LogP contribution < -0.4 is 0 Å². The summed E-state index contributed by atoms with van der Waals surface area (Å²) in [4.78, 5) is 22.1. The number of rotatable bonds is 2. The van der Waals surface area contributed by atoms with Crippen LogP contribution in [0.2, 0.25) is 0 Å². The minimum atomic E-state index is -0.921. The Morgan fingerprint density at radius 3 is 2.75 bits per heavy atom. The van der Waals surface area contributed by atoms with Gasteiger partial charge in [0.1, 0.15) is 0 Å². The fraction of sp³-hybridized carbons (Fsp3) is 0.167. The van der Waals surface area contributed by atoms with Crippen LogP contribution in [0.3, 0.4) is 0 Å². The van der Waals surface area contributed by atoms with Crippen molar-refractivity contribution in [1.82, 2.24) is 0 Å². The van der Waals surface area contributed by atoms with E-state index in [4.69, 9.17) is 5.11 Å². The van der Waals surface area contributed by atoms with Crippen LogP contribution >= 0.6 is 0 Å². The number of aliphatic carboxylic acids is 1. The van der Waals surface area contributed by atoms with E-state index in [9.17, 15) is 9.59 Å². The lowest BCUT2D eigenvalue weighted by Gasteiger charge is -2.02. The molecule has 0 aliphatic heterocycles. The van der Waals surface area contributed by atoms with Crippen LogP contribution in [0.25, 0.3) is 6.08 Å². The minimum Gasteiger partial charge on any atom is -0.478 e. The molecule has 0 bridgehead atoms. The molecule has 1 aliphatic carbocycles. The molecule has 82 valence electrons. The lowest BCUT2D eigenvalue weighted by atomic mass is 10.1. The van der Waals surface area contributed by atoms with Gasteiger partial charge in [0.05, 0.1) is 12.7 Å². The topological polar surface area (TPSA) is 63.6 Å². The summed E-state index contributed by atoms with van der Waals surface area (Å²) in [5, 5.41) is 8.85. The Labute approximate surface area is 92.2 Å². The molecule has 1 N–H and O–H groups in total. The van der Waals surface area contributed by atoms with Gasteiger partial charge in [-0.3, -0.25) is 0 Å². The van der Waals surface area contributed by atoms with Crippen molar-refractivity contribution in [1.29, 1.82) is 0 Å². The molecule has 4 nitrogen and oxygen atoms in total. The second-order valence-corrected chi connectivity index (χ2v) is 3.56. The molecule has 0 heterocycles. The molecule has 1 aliphatic rings.